The van der Waals surface area contributed by atoms with Crippen molar-refractivity contribution in [3.05, 3.63) is 36.0 Å². The fourth-order valence-corrected chi connectivity index (χ4v) is 3.20. The molecule has 1 spiro atoms. The molecule has 0 bridgehead atoms. The molecule has 1 fully saturated rings. The predicted molar refractivity (Wildman–Crippen MR) is 92.5 cm³/mol. The van der Waals surface area contributed by atoms with Gasteiger partial charge in [0.15, 0.2) is 0 Å². The van der Waals surface area contributed by atoms with Gasteiger partial charge in [-0.3, -0.25) is 9.69 Å². The topological polar surface area (TPSA) is 67.9 Å². The van der Waals surface area contributed by atoms with Gasteiger partial charge in [-0.05, 0) is 45.8 Å². The minimum atomic E-state index is -0.880. The van der Waals surface area contributed by atoms with Crippen LogP contribution < -0.4 is 10.1 Å². The second-order valence-corrected chi connectivity index (χ2v) is 7.85. The number of anilines is 1. The van der Waals surface area contributed by atoms with Crippen LogP contribution in [0.2, 0.25) is 0 Å². The molecule has 6 heteroatoms. The van der Waals surface area contributed by atoms with Gasteiger partial charge in [0.25, 0.3) is 0 Å². The Hall–Kier alpha value is -2.50. The van der Waals surface area contributed by atoms with Gasteiger partial charge < -0.3 is 14.8 Å². The lowest BCUT2D eigenvalue weighted by molar-refractivity contribution is -0.119. The summed E-state index contributed by atoms with van der Waals surface area (Å²) in [5.74, 6) is 0.561. The number of ether oxygens (including phenoxy) is 2. The molecule has 1 atom stereocenters. The number of fused-ring (bicyclic) bond motifs is 2. The Bertz CT molecular complexity index is 776. The molecule has 3 aliphatic rings. The zero-order valence-electron chi connectivity index (χ0n) is 14.7. The van der Waals surface area contributed by atoms with Crippen molar-refractivity contribution < 1.29 is 19.1 Å². The Labute approximate surface area is 146 Å². The van der Waals surface area contributed by atoms with E-state index in [0.29, 0.717) is 5.75 Å². The first-order valence-electron chi connectivity index (χ1n) is 8.59. The molecular formula is C19H22N2O4. The summed E-state index contributed by atoms with van der Waals surface area (Å²) in [6.07, 6.45) is 5.31. The van der Waals surface area contributed by atoms with Crippen LogP contribution >= 0.6 is 0 Å². The molecule has 0 aromatic heterocycles. The van der Waals surface area contributed by atoms with Crippen molar-refractivity contribution in [1.82, 2.24) is 4.90 Å². The summed E-state index contributed by atoms with van der Waals surface area (Å²) < 4.78 is 11.3. The number of carbonyl (C=O) groups excluding carboxylic acids is 2. The molecule has 25 heavy (non-hydrogen) atoms. The number of para-hydroxylation sites is 1. The van der Waals surface area contributed by atoms with Gasteiger partial charge in [-0.2, -0.15) is 0 Å². The van der Waals surface area contributed by atoms with Crippen LogP contribution in [0.1, 0.15) is 39.2 Å². The van der Waals surface area contributed by atoms with Crippen molar-refractivity contribution in [3.63, 3.8) is 0 Å². The van der Waals surface area contributed by atoms with E-state index in [4.69, 9.17) is 9.47 Å². The third-order valence-corrected chi connectivity index (χ3v) is 4.56. The number of carbonyl (C=O) groups is 2. The monoisotopic (exact) mass is 342 g/mol. The molecule has 1 aromatic carbocycles. The summed E-state index contributed by atoms with van der Waals surface area (Å²) in [7, 11) is 0. The van der Waals surface area contributed by atoms with Gasteiger partial charge >= 0.3 is 6.09 Å². The quantitative estimate of drug-likeness (QED) is 0.896. The lowest BCUT2D eigenvalue weighted by Crippen LogP contribution is -2.41. The molecule has 0 saturated heterocycles. The molecule has 2 amide bonds. The van der Waals surface area contributed by atoms with Gasteiger partial charge in [-0.15, -0.1) is 0 Å². The van der Waals surface area contributed by atoms with Crippen LogP contribution in [0.15, 0.2) is 30.5 Å². The largest absolute Gasteiger partial charge is 0.488 e. The van der Waals surface area contributed by atoms with Crippen molar-refractivity contribution in [2.45, 2.75) is 50.7 Å². The standard InChI is InChI=1S/C19H22N2O4/c1-18(2,3)25-17(23)21-10-9-19(11-21)13-5-4-6-14(24-12-7-8-12)15(13)20-16(19)22/h4-6,9-10,12H,7-8,11H2,1-3H3,(H,20,22). The number of hydrogen-bond donors (Lipinski definition) is 1. The van der Waals surface area contributed by atoms with E-state index >= 15 is 0 Å². The summed E-state index contributed by atoms with van der Waals surface area (Å²) in [5.41, 5.74) is 0.102. The summed E-state index contributed by atoms with van der Waals surface area (Å²) in [6, 6.07) is 5.68. The van der Waals surface area contributed by atoms with Crippen molar-refractivity contribution in [2.75, 3.05) is 11.9 Å². The Morgan fingerprint density at radius 1 is 1.32 bits per heavy atom. The van der Waals surface area contributed by atoms with Crippen LogP contribution in [0.25, 0.3) is 0 Å². The molecule has 1 N–H and O–H groups in total. The fourth-order valence-electron chi connectivity index (χ4n) is 3.20. The first kappa shape index (κ1) is 16.0. The molecule has 1 unspecified atom stereocenters. The molecule has 2 aliphatic heterocycles. The summed E-state index contributed by atoms with van der Waals surface area (Å²) in [6.45, 7) is 5.69. The fraction of sp³-hybridized carbons (Fsp3) is 0.474. The highest BCUT2D eigenvalue weighted by Crippen LogP contribution is 2.47. The van der Waals surface area contributed by atoms with E-state index in [9.17, 15) is 9.59 Å². The van der Waals surface area contributed by atoms with Crippen molar-refractivity contribution in [3.8, 4) is 5.75 Å². The number of nitrogens with one attached hydrogen (secondary N) is 1. The van der Waals surface area contributed by atoms with Crippen LogP contribution in [0.3, 0.4) is 0 Å². The van der Waals surface area contributed by atoms with E-state index in [1.807, 2.05) is 39.0 Å². The number of benzene rings is 1. The van der Waals surface area contributed by atoms with Crippen LogP contribution in [0.5, 0.6) is 5.75 Å². The van der Waals surface area contributed by atoms with Crippen molar-refractivity contribution in [2.24, 2.45) is 0 Å². The SMILES string of the molecule is CC(C)(C)OC(=O)N1C=CC2(C1)C(=O)Nc1c(OC3CC3)cccc12. The summed E-state index contributed by atoms with van der Waals surface area (Å²) in [4.78, 5) is 26.6. The average molecular weight is 342 g/mol. The molecular weight excluding hydrogens is 320 g/mol. The van der Waals surface area contributed by atoms with Gasteiger partial charge in [-0.25, -0.2) is 4.79 Å². The van der Waals surface area contributed by atoms with E-state index < -0.39 is 17.1 Å². The molecule has 2 heterocycles. The van der Waals surface area contributed by atoms with Crippen LogP contribution in [0.4, 0.5) is 10.5 Å². The molecule has 6 nitrogen and oxygen atoms in total. The minimum Gasteiger partial charge on any atom is -0.488 e. The molecule has 1 aliphatic carbocycles. The Kier molecular flexibility index (Phi) is 3.36. The van der Waals surface area contributed by atoms with E-state index in [2.05, 4.69) is 5.32 Å². The molecule has 1 aromatic rings. The molecule has 132 valence electrons. The second-order valence-electron chi connectivity index (χ2n) is 7.85. The minimum absolute atomic E-state index is 0.142. The first-order valence-corrected chi connectivity index (χ1v) is 8.59. The Morgan fingerprint density at radius 2 is 2.08 bits per heavy atom. The highest BCUT2D eigenvalue weighted by molar-refractivity contribution is 6.10. The highest BCUT2D eigenvalue weighted by Gasteiger charge is 2.51. The Morgan fingerprint density at radius 3 is 2.76 bits per heavy atom. The third kappa shape index (κ3) is 2.75. The van der Waals surface area contributed by atoms with Gasteiger partial charge in [0.2, 0.25) is 5.91 Å². The van der Waals surface area contributed by atoms with Crippen molar-refractivity contribution >= 4 is 17.7 Å². The van der Waals surface area contributed by atoms with Crippen LogP contribution in [-0.4, -0.2) is 35.2 Å². The summed E-state index contributed by atoms with van der Waals surface area (Å²) in [5, 5.41) is 2.95. The van der Waals surface area contributed by atoms with Gasteiger partial charge in [0.05, 0.1) is 18.3 Å². The van der Waals surface area contributed by atoms with Crippen LogP contribution in [0, 0.1) is 0 Å². The van der Waals surface area contributed by atoms with E-state index in [1.165, 1.54) is 4.90 Å². The summed E-state index contributed by atoms with van der Waals surface area (Å²) >= 11 is 0. The highest BCUT2D eigenvalue weighted by atomic mass is 16.6. The van der Waals surface area contributed by atoms with Gasteiger partial charge in [-0.1, -0.05) is 12.1 Å². The predicted octanol–water partition coefficient (Wildman–Crippen LogP) is 3.18. The number of rotatable bonds is 2. The second kappa shape index (κ2) is 5.25. The lowest BCUT2D eigenvalue weighted by atomic mass is 9.83. The maximum absolute atomic E-state index is 12.8. The number of hydrogen-bond acceptors (Lipinski definition) is 4. The number of nitrogens with zero attached hydrogens (tertiary/aromatic N) is 1. The lowest BCUT2D eigenvalue weighted by Gasteiger charge is -2.26. The molecule has 1 saturated carbocycles. The molecule has 0 radical (unpaired) electrons. The zero-order chi connectivity index (χ0) is 17.8. The average Bonchev–Trinajstić information content (AvgIpc) is 3.14. The zero-order valence-corrected chi connectivity index (χ0v) is 14.7. The number of amides is 2. The first-order chi connectivity index (χ1) is 11.8. The normalized spacial score (nSPS) is 24.4. The third-order valence-electron chi connectivity index (χ3n) is 4.56. The van der Waals surface area contributed by atoms with E-state index in [0.717, 1.165) is 24.1 Å². The molecule has 4 rings (SSSR count). The van der Waals surface area contributed by atoms with Gasteiger partial charge in [0.1, 0.15) is 16.8 Å². The maximum atomic E-state index is 12.8. The smallest absolute Gasteiger partial charge is 0.414 e. The van der Waals surface area contributed by atoms with E-state index in [-0.39, 0.29) is 18.6 Å². The Balaban J connectivity index is 1.61. The van der Waals surface area contributed by atoms with Crippen molar-refractivity contribution in [1.29, 1.82) is 0 Å². The van der Waals surface area contributed by atoms with Crippen LogP contribution in [-0.2, 0) is 14.9 Å². The van der Waals surface area contributed by atoms with E-state index in [1.54, 1.807) is 12.3 Å². The van der Waals surface area contributed by atoms with Gasteiger partial charge in [0, 0.05) is 11.8 Å². The maximum Gasteiger partial charge on any atom is 0.414 e.